The van der Waals surface area contributed by atoms with Crippen LogP contribution in [0.3, 0.4) is 0 Å². The fourth-order valence-corrected chi connectivity index (χ4v) is 5.22. The Kier molecular flexibility index (Phi) is 4.28. The third-order valence-electron chi connectivity index (χ3n) is 6.10. The summed E-state index contributed by atoms with van der Waals surface area (Å²) >= 11 is 6.24. The van der Waals surface area contributed by atoms with Gasteiger partial charge in [0.1, 0.15) is 0 Å². The number of carbonyl (C=O) groups is 1. The average molecular weight is 300 g/mol. The molecule has 20 heavy (non-hydrogen) atoms. The van der Waals surface area contributed by atoms with Crippen molar-refractivity contribution in [2.75, 3.05) is 14.2 Å². The number of fused-ring (bicyclic) bond motifs is 2. The van der Waals surface area contributed by atoms with Crippen molar-refractivity contribution in [1.29, 1.82) is 0 Å². The van der Waals surface area contributed by atoms with Gasteiger partial charge < -0.3 is 4.74 Å². The number of hydrogen-bond donors (Lipinski definition) is 0. The van der Waals surface area contributed by atoms with Crippen LogP contribution in [0.15, 0.2) is 0 Å². The van der Waals surface area contributed by atoms with E-state index in [2.05, 4.69) is 11.9 Å². The predicted octanol–water partition coefficient (Wildman–Crippen LogP) is 3.06. The van der Waals surface area contributed by atoms with Crippen molar-refractivity contribution in [2.24, 2.45) is 17.8 Å². The summed E-state index contributed by atoms with van der Waals surface area (Å²) in [6, 6.07) is 1.08. The highest BCUT2D eigenvalue weighted by Gasteiger charge is 2.51. The summed E-state index contributed by atoms with van der Waals surface area (Å²) in [4.78, 5) is 14.8. The van der Waals surface area contributed by atoms with Crippen molar-refractivity contribution >= 4 is 17.6 Å². The van der Waals surface area contributed by atoms with Crippen molar-refractivity contribution in [3.8, 4) is 0 Å². The lowest BCUT2D eigenvalue weighted by molar-refractivity contribution is -0.154. The first kappa shape index (κ1) is 14.6. The van der Waals surface area contributed by atoms with Gasteiger partial charge in [-0.25, -0.2) is 0 Å². The molecular weight excluding hydrogens is 274 g/mol. The minimum absolute atomic E-state index is 0.0141. The third kappa shape index (κ3) is 2.48. The summed E-state index contributed by atoms with van der Waals surface area (Å²) < 4.78 is 5.14. The third-order valence-corrected chi connectivity index (χ3v) is 6.53. The summed E-state index contributed by atoms with van der Waals surface area (Å²) in [5, 5.41) is 0.353. The van der Waals surface area contributed by atoms with E-state index in [9.17, 15) is 4.79 Å². The van der Waals surface area contributed by atoms with Crippen LogP contribution in [-0.4, -0.2) is 42.5 Å². The van der Waals surface area contributed by atoms with Crippen LogP contribution in [0.4, 0.5) is 0 Å². The van der Waals surface area contributed by atoms with E-state index in [4.69, 9.17) is 16.3 Å². The van der Waals surface area contributed by atoms with Crippen molar-refractivity contribution in [1.82, 2.24) is 4.90 Å². The molecule has 114 valence electrons. The van der Waals surface area contributed by atoms with Gasteiger partial charge in [0.15, 0.2) is 0 Å². The summed E-state index contributed by atoms with van der Waals surface area (Å²) in [5.74, 6) is 1.28. The summed E-state index contributed by atoms with van der Waals surface area (Å²) in [6.07, 6.45) is 8.18. The van der Waals surface area contributed by atoms with Crippen molar-refractivity contribution < 1.29 is 9.53 Å². The molecule has 2 aliphatic heterocycles. The molecule has 0 amide bonds. The molecule has 3 aliphatic rings. The van der Waals surface area contributed by atoms with Gasteiger partial charge in [0.05, 0.1) is 13.0 Å². The van der Waals surface area contributed by atoms with E-state index in [0.29, 0.717) is 29.3 Å². The summed E-state index contributed by atoms with van der Waals surface area (Å²) in [5.41, 5.74) is 0. The number of ether oxygens (including phenoxy) is 1. The smallest absolute Gasteiger partial charge is 0.310 e. The van der Waals surface area contributed by atoms with Crippen molar-refractivity contribution in [2.45, 2.75) is 62.4 Å². The van der Waals surface area contributed by atoms with Gasteiger partial charge in [-0.05, 0) is 63.8 Å². The van der Waals surface area contributed by atoms with Crippen LogP contribution in [0.25, 0.3) is 0 Å². The molecule has 3 rings (SSSR count). The standard InChI is InChI=1S/C16H26ClNO2/c1-18-12-7-8-14(18)15(16(19)20-2)13(9-12)10-3-5-11(17)6-4-10/h10-15H,3-9H2,1-2H3/t10?,11?,12-,13-,14?,15?/m1/s1. The predicted molar refractivity (Wildman–Crippen MR) is 79.8 cm³/mol. The zero-order valence-electron chi connectivity index (χ0n) is 12.6. The SMILES string of the molecule is COC(=O)C1C2CC[C@H](C[C@@H]1C1CCC(Cl)CC1)N2C. The van der Waals surface area contributed by atoms with E-state index in [1.807, 2.05) is 0 Å². The zero-order valence-corrected chi connectivity index (χ0v) is 13.3. The minimum Gasteiger partial charge on any atom is -0.469 e. The number of halogens is 1. The highest BCUT2D eigenvalue weighted by atomic mass is 35.5. The Hall–Kier alpha value is -0.280. The van der Waals surface area contributed by atoms with Gasteiger partial charge in [-0.1, -0.05) is 0 Å². The topological polar surface area (TPSA) is 29.5 Å². The number of esters is 1. The van der Waals surface area contributed by atoms with E-state index >= 15 is 0 Å². The molecule has 0 radical (unpaired) electrons. The highest BCUT2D eigenvalue weighted by molar-refractivity contribution is 6.20. The van der Waals surface area contributed by atoms with Gasteiger partial charge in [-0.15, -0.1) is 11.6 Å². The molecule has 2 heterocycles. The molecule has 2 bridgehead atoms. The lowest BCUT2D eigenvalue weighted by atomic mass is 9.68. The average Bonchev–Trinajstić information content (AvgIpc) is 2.70. The molecule has 2 saturated heterocycles. The maximum atomic E-state index is 12.3. The molecule has 3 fully saturated rings. The number of nitrogens with zero attached hydrogens (tertiary/aromatic N) is 1. The molecular formula is C16H26ClNO2. The Balaban J connectivity index is 1.79. The van der Waals surface area contributed by atoms with Crippen LogP contribution in [-0.2, 0) is 9.53 Å². The molecule has 0 spiro atoms. The van der Waals surface area contributed by atoms with E-state index in [0.717, 1.165) is 19.3 Å². The van der Waals surface area contributed by atoms with Crippen molar-refractivity contribution in [3.05, 3.63) is 0 Å². The second kappa shape index (κ2) is 5.84. The maximum absolute atomic E-state index is 12.3. The fraction of sp³-hybridized carbons (Fsp3) is 0.938. The number of hydrogen-bond acceptors (Lipinski definition) is 3. The molecule has 2 unspecified atom stereocenters. The van der Waals surface area contributed by atoms with Crippen LogP contribution in [0.1, 0.15) is 44.9 Å². The lowest BCUT2D eigenvalue weighted by Gasteiger charge is -2.45. The molecule has 4 heteroatoms. The zero-order chi connectivity index (χ0) is 14.3. The van der Waals surface area contributed by atoms with Gasteiger partial charge in [0, 0.05) is 17.5 Å². The van der Waals surface area contributed by atoms with Crippen LogP contribution in [0, 0.1) is 17.8 Å². The molecule has 1 aliphatic carbocycles. The normalized spacial score (nSPS) is 45.4. The van der Waals surface area contributed by atoms with Gasteiger partial charge in [0.25, 0.3) is 0 Å². The van der Waals surface area contributed by atoms with Gasteiger partial charge in [0.2, 0.25) is 0 Å². The lowest BCUT2D eigenvalue weighted by Crippen LogP contribution is -2.52. The Bertz CT molecular complexity index is 367. The van der Waals surface area contributed by atoms with E-state index < -0.39 is 0 Å². The highest BCUT2D eigenvalue weighted by Crippen LogP contribution is 2.48. The van der Waals surface area contributed by atoms with Gasteiger partial charge in [-0.2, -0.15) is 0 Å². The number of alkyl halides is 1. The Morgan fingerprint density at radius 3 is 2.50 bits per heavy atom. The quantitative estimate of drug-likeness (QED) is 0.580. The fourth-order valence-electron chi connectivity index (χ4n) is 4.96. The first-order chi connectivity index (χ1) is 9.61. The Labute approximate surface area is 127 Å². The van der Waals surface area contributed by atoms with E-state index in [-0.39, 0.29) is 11.9 Å². The van der Waals surface area contributed by atoms with Crippen LogP contribution >= 0.6 is 11.6 Å². The number of methoxy groups -OCH3 is 1. The second-order valence-electron chi connectivity index (χ2n) is 6.92. The van der Waals surface area contributed by atoms with Gasteiger partial charge in [-0.3, -0.25) is 9.69 Å². The first-order valence-electron chi connectivity index (χ1n) is 8.05. The Morgan fingerprint density at radius 2 is 1.85 bits per heavy atom. The van der Waals surface area contributed by atoms with Crippen LogP contribution in [0.5, 0.6) is 0 Å². The minimum atomic E-state index is 0.0141. The molecule has 0 aromatic carbocycles. The van der Waals surface area contributed by atoms with E-state index in [1.165, 1.54) is 32.8 Å². The second-order valence-corrected chi connectivity index (χ2v) is 7.54. The molecule has 0 aromatic heterocycles. The largest absolute Gasteiger partial charge is 0.469 e. The molecule has 0 aromatic rings. The number of piperidine rings is 1. The van der Waals surface area contributed by atoms with Crippen LogP contribution in [0.2, 0.25) is 0 Å². The molecule has 1 saturated carbocycles. The number of carbonyl (C=O) groups excluding carboxylic acids is 1. The van der Waals surface area contributed by atoms with Gasteiger partial charge >= 0.3 is 5.97 Å². The Morgan fingerprint density at radius 1 is 1.15 bits per heavy atom. The number of rotatable bonds is 2. The molecule has 3 nitrogen and oxygen atoms in total. The summed E-state index contributed by atoms with van der Waals surface area (Å²) in [6.45, 7) is 0. The van der Waals surface area contributed by atoms with Crippen molar-refractivity contribution in [3.63, 3.8) is 0 Å². The first-order valence-corrected chi connectivity index (χ1v) is 8.49. The monoisotopic (exact) mass is 299 g/mol. The summed E-state index contributed by atoms with van der Waals surface area (Å²) in [7, 11) is 3.72. The van der Waals surface area contributed by atoms with E-state index in [1.54, 1.807) is 0 Å². The molecule has 4 atom stereocenters. The van der Waals surface area contributed by atoms with Crippen LogP contribution < -0.4 is 0 Å². The molecule has 0 N–H and O–H groups in total. The maximum Gasteiger partial charge on any atom is 0.310 e.